The van der Waals surface area contributed by atoms with Gasteiger partial charge < -0.3 is 0 Å². The van der Waals surface area contributed by atoms with Crippen molar-refractivity contribution in [2.24, 2.45) is 5.92 Å². The molecule has 0 fully saturated rings. The first kappa shape index (κ1) is 8.18. The van der Waals surface area contributed by atoms with E-state index in [0.717, 1.165) is 17.7 Å². The van der Waals surface area contributed by atoms with Crippen LogP contribution < -0.4 is 0 Å². The molecule has 11 heavy (non-hydrogen) atoms. The van der Waals surface area contributed by atoms with Gasteiger partial charge >= 0.3 is 0 Å². The lowest BCUT2D eigenvalue weighted by molar-refractivity contribution is 0.630. The van der Waals surface area contributed by atoms with Crippen molar-refractivity contribution in [3.05, 3.63) is 23.8 Å². The van der Waals surface area contributed by atoms with Gasteiger partial charge in [-0.05, 0) is 24.8 Å². The second-order valence-corrected chi connectivity index (χ2v) is 3.20. The Hall–Kier alpha value is -0.920. The molecule has 1 aromatic heterocycles. The van der Waals surface area contributed by atoms with Crippen LogP contribution in [0, 0.1) is 19.2 Å². The van der Waals surface area contributed by atoms with Gasteiger partial charge in [0.05, 0.1) is 0 Å². The monoisotopic (exact) mass is 149 g/mol. The van der Waals surface area contributed by atoms with Crippen molar-refractivity contribution in [1.82, 2.24) is 9.97 Å². The maximum absolute atomic E-state index is 4.08. The van der Waals surface area contributed by atoms with E-state index in [1.54, 1.807) is 0 Å². The van der Waals surface area contributed by atoms with Crippen LogP contribution in [0.5, 0.6) is 0 Å². The quantitative estimate of drug-likeness (QED) is 0.640. The van der Waals surface area contributed by atoms with Crippen LogP contribution in [0.1, 0.15) is 25.1 Å². The maximum atomic E-state index is 4.08. The lowest BCUT2D eigenvalue weighted by atomic mass is 10.1. The molecule has 0 saturated heterocycles. The van der Waals surface area contributed by atoms with E-state index in [2.05, 4.69) is 30.1 Å². The molecular weight excluding hydrogens is 136 g/mol. The van der Waals surface area contributed by atoms with Crippen LogP contribution in [0.3, 0.4) is 0 Å². The zero-order valence-electron chi connectivity index (χ0n) is 7.26. The van der Waals surface area contributed by atoms with Gasteiger partial charge in [-0.1, -0.05) is 13.8 Å². The van der Waals surface area contributed by atoms with Crippen LogP contribution in [-0.4, -0.2) is 9.97 Å². The van der Waals surface area contributed by atoms with Gasteiger partial charge in [0.25, 0.3) is 0 Å². The molecule has 0 aliphatic heterocycles. The van der Waals surface area contributed by atoms with Crippen LogP contribution >= 0.6 is 0 Å². The predicted octanol–water partition coefficient (Wildman–Crippen LogP) is 1.78. The molecule has 2 heteroatoms. The molecule has 1 heterocycles. The predicted molar refractivity (Wildman–Crippen MR) is 44.1 cm³/mol. The molecule has 0 atom stereocenters. The van der Waals surface area contributed by atoms with Gasteiger partial charge in [0.15, 0.2) is 6.33 Å². The van der Waals surface area contributed by atoms with Crippen molar-refractivity contribution < 1.29 is 0 Å². The summed E-state index contributed by atoms with van der Waals surface area (Å²) in [6.45, 7) is 6.40. The van der Waals surface area contributed by atoms with Crippen molar-refractivity contribution in [2.75, 3.05) is 0 Å². The van der Waals surface area contributed by atoms with Crippen LogP contribution in [0.2, 0.25) is 0 Å². The summed E-state index contributed by atoms with van der Waals surface area (Å²) in [5.74, 6) is 0.650. The number of aromatic nitrogens is 2. The van der Waals surface area contributed by atoms with Crippen molar-refractivity contribution in [2.45, 2.75) is 27.2 Å². The summed E-state index contributed by atoms with van der Waals surface area (Å²) in [5, 5.41) is 0. The van der Waals surface area contributed by atoms with Crippen molar-refractivity contribution in [3.8, 4) is 0 Å². The first-order chi connectivity index (χ1) is 5.20. The van der Waals surface area contributed by atoms with E-state index >= 15 is 0 Å². The maximum Gasteiger partial charge on any atom is 0.197 e. The molecule has 0 amide bonds. The molecule has 0 N–H and O–H groups in total. The molecule has 0 saturated carbocycles. The van der Waals surface area contributed by atoms with Crippen molar-refractivity contribution >= 4 is 0 Å². The second kappa shape index (κ2) is 3.46. The second-order valence-electron chi connectivity index (χ2n) is 3.20. The van der Waals surface area contributed by atoms with Gasteiger partial charge in [-0.15, -0.1) is 0 Å². The molecule has 1 aromatic rings. The summed E-state index contributed by atoms with van der Waals surface area (Å²) in [6.07, 6.45) is 5.44. The zero-order valence-corrected chi connectivity index (χ0v) is 7.26. The van der Waals surface area contributed by atoms with Crippen LogP contribution in [-0.2, 0) is 6.42 Å². The highest BCUT2D eigenvalue weighted by Gasteiger charge is 2.01. The number of hydrogen-bond donors (Lipinski definition) is 0. The molecular formula is C9H13N2. The van der Waals surface area contributed by atoms with E-state index < -0.39 is 0 Å². The highest BCUT2D eigenvalue weighted by molar-refractivity contribution is 5.13. The molecule has 0 aliphatic rings. The molecule has 2 nitrogen and oxygen atoms in total. The van der Waals surface area contributed by atoms with E-state index in [0.29, 0.717) is 5.92 Å². The Morgan fingerprint density at radius 2 is 2.27 bits per heavy atom. The van der Waals surface area contributed by atoms with Gasteiger partial charge in [0.1, 0.15) is 0 Å². The average Bonchev–Trinajstić information content (AvgIpc) is 1.93. The highest BCUT2D eigenvalue weighted by atomic mass is 14.8. The molecule has 1 rings (SSSR count). The molecule has 0 bridgehead atoms. The first-order valence-corrected chi connectivity index (χ1v) is 3.88. The summed E-state index contributed by atoms with van der Waals surface area (Å²) >= 11 is 0. The normalized spacial score (nSPS) is 10.5. The first-order valence-electron chi connectivity index (χ1n) is 3.88. The summed E-state index contributed by atoms with van der Waals surface area (Å²) in [5.41, 5.74) is 2.28. The average molecular weight is 149 g/mol. The standard InChI is InChI=1S/C9H13N2/c1-7(2)4-9-8(3)5-10-6-11-9/h5,7H,4H2,1-3H3. The Morgan fingerprint density at radius 1 is 1.55 bits per heavy atom. The molecule has 0 spiro atoms. The van der Waals surface area contributed by atoms with Gasteiger partial charge in [0, 0.05) is 11.9 Å². The highest BCUT2D eigenvalue weighted by Crippen LogP contribution is 2.07. The minimum Gasteiger partial charge on any atom is -0.234 e. The Labute approximate surface area is 67.7 Å². The van der Waals surface area contributed by atoms with Crippen LogP contribution in [0.15, 0.2) is 6.20 Å². The summed E-state index contributed by atoms with van der Waals surface area (Å²) in [4.78, 5) is 7.90. The van der Waals surface area contributed by atoms with E-state index in [1.807, 2.05) is 13.1 Å². The Bertz CT molecular complexity index is 231. The molecule has 1 radical (unpaired) electrons. The van der Waals surface area contributed by atoms with E-state index in [9.17, 15) is 0 Å². The minimum atomic E-state index is 0.650. The topological polar surface area (TPSA) is 25.8 Å². The lowest BCUT2D eigenvalue weighted by Crippen LogP contribution is -2.00. The molecule has 0 unspecified atom stereocenters. The number of hydrogen-bond acceptors (Lipinski definition) is 2. The van der Waals surface area contributed by atoms with Crippen LogP contribution in [0.4, 0.5) is 0 Å². The lowest BCUT2D eigenvalue weighted by Gasteiger charge is -2.04. The largest absolute Gasteiger partial charge is 0.234 e. The fourth-order valence-corrected chi connectivity index (χ4v) is 0.971. The zero-order chi connectivity index (χ0) is 8.27. The fraction of sp³-hybridized carbons (Fsp3) is 0.556. The summed E-state index contributed by atoms with van der Waals surface area (Å²) < 4.78 is 0. The third-order valence-corrected chi connectivity index (χ3v) is 1.56. The van der Waals surface area contributed by atoms with E-state index in [4.69, 9.17) is 0 Å². The van der Waals surface area contributed by atoms with Gasteiger partial charge in [-0.25, -0.2) is 9.97 Å². The molecule has 59 valence electrons. The summed E-state index contributed by atoms with van der Waals surface area (Å²) in [7, 11) is 0. The Kier molecular flexibility index (Phi) is 2.58. The SMILES string of the molecule is Cc1cn[c]nc1CC(C)C. The third kappa shape index (κ3) is 2.30. The Balaban J connectivity index is 2.78. The Morgan fingerprint density at radius 3 is 2.82 bits per heavy atom. The van der Waals surface area contributed by atoms with E-state index in [1.165, 1.54) is 0 Å². The third-order valence-electron chi connectivity index (χ3n) is 1.56. The van der Waals surface area contributed by atoms with Crippen LogP contribution in [0.25, 0.3) is 0 Å². The van der Waals surface area contributed by atoms with Gasteiger partial charge in [0.2, 0.25) is 0 Å². The molecule has 0 aliphatic carbocycles. The minimum absolute atomic E-state index is 0.650. The molecule has 0 aromatic carbocycles. The number of aryl methyl sites for hydroxylation is 1. The van der Waals surface area contributed by atoms with E-state index in [-0.39, 0.29) is 0 Å². The van der Waals surface area contributed by atoms with Crippen molar-refractivity contribution in [1.29, 1.82) is 0 Å². The summed E-state index contributed by atoms with van der Waals surface area (Å²) in [6, 6.07) is 0. The number of nitrogens with zero attached hydrogens (tertiary/aromatic N) is 2. The smallest absolute Gasteiger partial charge is 0.197 e. The fourth-order valence-electron chi connectivity index (χ4n) is 0.971. The van der Waals surface area contributed by atoms with Gasteiger partial charge in [-0.2, -0.15) is 0 Å². The van der Waals surface area contributed by atoms with Gasteiger partial charge in [-0.3, -0.25) is 0 Å². The van der Waals surface area contributed by atoms with Crippen molar-refractivity contribution in [3.63, 3.8) is 0 Å². The number of rotatable bonds is 2.